The maximum atomic E-state index is 4.44. The first-order valence-electron chi connectivity index (χ1n) is 5.72. The molecule has 3 nitrogen and oxygen atoms in total. The summed E-state index contributed by atoms with van der Waals surface area (Å²) in [5.74, 6) is 0. The zero-order valence-electron chi connectivity index (χ0n) is 11.2. The normalized spacial score (nSPS) is 12.2. The van der Waals surface area contributed by atoms with Crippen molar-refractivity contribution in [2.24, 2.45) is 0 Å². The highest BCUT2D eigenvalue weighted by Gasteiger charge is 2.12. The highest BCUT2D eigenvalue weighted by Crippen LogP contribution is 2.23. The molecule has 1 aromatic heterocycles. The number of nitrogens with one attached hydrogen (secondary N) is 1. The Balaban J connectivity index is 2.58. The smallest absolute Gasteiger partial charge is 0.185 e. The van der Waals surface area contributed by atoms with Crippen molar-refractivity contribution in [2.75, 3.05) is 11.9 Å². The fourth-order valence-electron chi connectivity index (χ4n) is 1.12. The largest absolute Gasteiger partial charge is 0.349 e. The first kappa shape index (κ1) is 13.5. The Hall–Kier alpha value is -0.610. The SMILES string of the molecule is CC(C)N(C)c1ncc(CNC(C)(C)C)s1. The van der Waals surface area contributed by atoms with Gasteiger partial charge in [0.2, 0.25) is 0 Å². The molecular weight excluding hydrogens is 218 g/mol. The molecule has 1 rings (SSSR count). The average Bonchev–Trinajstić information content (AvgIpc) is 2.60. The Morgan fingerprint density at radius 1 is 1.44 bits per heavy atom. The summed E-state index contributed by atoms with van der Waals surface area (Å²) < 4.78 is 0. The summed E-state index contributed by atoms with van der Waals surface area (Å²) in [4.78, 5) is 7.93. The number of nitrogens with zero attached hydrogens (tertiary/aromatic N) is 2. The van der Waals surface area contributed by atoms with Crippen molar-refractivity contribution >= 4 is 16.5 Å². The van der Waals surface area contributed by atoms with Crippen LogP contribution in [0.4, 0.5) is 5.13 Å². The van der Waals surface area contributed by atoms with Crippen LogP contribution < -0.4 is 10.2 Å². The van der Waals surface area contributed by atoms with Crippen molar-refractivity contribution in [3.8, 4) is 0 Å². The Bertz CT molecular complexity index is 325. The van der Waals surface area contributed by atoms with E-state index < -0.39 is 0 Å². The molecule has 1 heterocycles. The molecule has 1 N–H and O–H groups in total. The lowest BCUT2D eigenvalue weighted by Crippen LogP contribution is -2.34. The molecular formula is C12H23N3S. The third-order valence-corrected chi connectivity index (χ3v) is 3.50. The maximum absolute atomic E-state index is 4.44. The molecule has 0 atom stereocenters. The summed E-state index contributed by atoms with van der Waals surface area (Å²) in [6, 6.07) is 0.495. The number of aromatic nitrogens is 1. The van der Waals surface area contributed by atoms with E-state index in [2.05, 4.69) is 56.9 Å². The highest BCUT2D eigenvalue weighted by atomic mass is 32.1. The van der Waals surface area contributed by atoms with Crippen LogP contribution in [0.15, 0.2) is 6.20 Å². The summed E-state index contributed by atoms with van der Waals surface area (Å²) in [6.07, 6.45) is 1.97. The second kappa shape index (κ2) is 5.15. The molecule has 0 saturated heterocycles. The van der Waals surface area contributed by atoms with Crippen LogP contribution in [-0.2, 0) is 6.54 Å². The van der Waals surface area contributed by atoms with E-state index in [1.807, 2.05) is 6.20 Å². The number of rotatable bonds is 4. The Labute approximate surface area is 103 Å². The summed E-state index contributed by atoms with van der Waals surface area (Å²) in [5.41, 5.74) is 0.161. The van der Waals surface area contributed by atoms with Gasteiger partial charge in [-0.1, -0.05) is 0 Å². The zero-order valence-corrected chi connectivity index (χ0v) is 12.0. The Morgan fingerprint density at radius 3 is 2.56 bits per heavy atom. The zero-order chi connectivity index (χ0) is 12.3. The van der Waals surface area contributed by atoms with Gasteiger partial charge in [-0.05, 0) is 34.6 Å². The minimum absolute atomic E-state index is 0.161. The molecule has 0 aliphatic rings. The predicted octanol–water partition coefficient (Wildman–Crippen LogP) is 2.88. The van der Waals surface area contributed by atoms with Crippen LogP contribution in [0.25, 0.3) is 0 Å². The fraction of sp³-hybridized carbons (Fsp3) is 0.750. The maximum Gasteiger partial charge on any atom is 0.185 e. The first-order chi connectivity index (χ1) is 7.29. The molecule has 0 radical (unpaired) electrons. The topological polar surface area (TPSA) is 28.2 Å². The minimum Gasteiger partial charge on any atom is -0.349 e. The number of thiazole rings is 1. The lowest BCUT2D eigenvalue weighted by Gasteiger charge is -2.20. The van der Waals surface area contributed by atoms with Crippen LogP contribution >= 0.6 is 11.3 Å². The van der Waals surface area contributed by atoms with Crippen LogP contribution in [0.3, 0.4) is 0 Å². The lowest BCUT2D eigenvalue weighted by molar-refractivity contribution is 0.426. The van der Waals surface area contributed by atoms with Gasteiger partial charge in [0.1, 0.15) is 0 Å². The summed E-state index contributed by atoms with van der Waals surface area (Å²) in [6.45, 7) is 11.8. The Morgan fingerprint density at radius 2 is 2.06 bits per heavy atom. The van der Waals surface area contributed by atoms with E-state index in [1.165, 1.54) is 4.88 Å². The van der Waals surface area contributed by atoms with Gasteiger partial charge in [0.25, 0.3) is 0 Å². The monoisotopic (exact) mass is 241 g/mol. The van der Waals surface area contributed by atoms with Gasteiger partial charge in [0.05, 0.1) is 0 Å². The van der Waals surface area contributed by atoms with Gasteiger partial charge < -0.3 is 10.2 Å². The molecule has 0 aliphatic carbocycles. The number of anilines is 1. The summed E-state index contributed by atoms with van der Waals surface area (Å²) in [7, 11) is 2.09. The van der Waals surface area contributed by atoms with Crippen LogP contribution in [0.1, 0.15) is 39.5 Å². The molecule has 0 fully saturated rings. The third-order valence-electron chi connectivity index (χ3n) is 2.41. The van der Waals surface area contributed by atoms with Crippen molar-refractivity contribution < 1.29 is 0 Å². The molecule has 0 aromatic carbocycles. The van der Waals surface area contributed by atoms with Gasteiger partial charge in [-0.2, -0.15) is 0 Å². The van der Waals surface area contributed by atoms with Crippen LogP contribution in [0.5, 0.6) is 0 Å². The third kappa shape index (κ3) is 4.10. The molecule has 0 aliphatic heterocycles. The van der Waals surface area contributed by atoms with Crippen LogP contribution in [0.2, 0.25) is 0 Å². The van der Waals surface area contributed by atoms with Crippen molar-refractivity contribution in [3.63, 3.8) is 0 Å². The molecule has 92 valence electrons. The number of hydrogen-bond donors (Lipinski definition) is 1. The predicted molar refractivity (Wildman–Crippen MR) is 72.2 cm³/mol. The molecule has 16 heavy (non-hydrogen) atoms. The van der Waals surface area contributed by atoms with E-state index in [4.69, 9.17) is 0 Å². The van der Waals surface area contributed by atoms with E-state index in [1.54, 1.807) is 11.3 Å². The van der Waals surface area contributed by atoms with Crippen molar-refractivity contribution in [2.45, 2.75) is 52.7 Å². The van der Waals surface area contributed by atoms with Gasteiger partial charge in [-0.25, -0.2) is 4.98 Å². The van der Waals surface area contributed by atoms with E-state index in [0.29, 0.717) is 6.04 Å². The molecule has 0 amide bonds. The molecule has 4 heteroatoms. The molecule has 0 spiro atoms. The second-order valence-corrected chi connectivity index (χ2v) is 6.51. The summed E-state index contributed by atoms with van der Waals surface area (Å²) in [5, 5.41) is 4.57. The molecule has 0 unspecified atom stereocenters. The second-order valence-electron chi connectivity index (χ2n) is 5.42. The van der Waals surface area contributed by atoms with Gasteiger partial charge in [-0.3, -0.25) is 0 Å². The van der Waals surface area contributed by atoms with E-state index in [0.717, 1.165) is 11.7 Å². The molecule has 0 bridgehead atoms. The first-order valence-corrected chi connectivity index (χ1v) is 6.54. The summed E-state index contributed by atoms with van der Waals surface area (Å²) >= 11 is 1.76. The Kier molecular flexibility index (Phi) is 4.33. The van der Waals surface area contributed by atoms with Gasteiger partial charge >= 0.3 is 0 Å². The quantitative estimate of drug-likeness (QED) is 0.878. The van der Waals surface area contributed by atoms with Crippen molar-refractivity contribution in [1.29, 1.82) is 0 Å². The molecule has 0 saturated carbocycles. The van der Waals surface area contributed by atoms with E-state index in [9.17, 15) is 0 Å². The molecule has 1 aromatic rings. The van der Waals surface area contributed by atoms with Gasteiger partial charge in [0, 0.05) is 36.2 Å². The van der Waals surface area contributed by atoms with Gasteiger partial charge in [-0.15, -0.1) is 11.3 Å². The van der Waals surface area contributed by atoms with Gasteiger partial charge in [0.15, 0.2) is 5.13 Å². The van der Waals surface area contributed by atoms with E-state index in [-0.39, 0.29) is 5.54 Å². The average molecular weight is 241 g/mol. The lowest BCUT2D eigenvalue weighted by atomic mass is 10.1. The van der Waals surface area contributed by atoms with Crippen molar-refractivity contribution in [3.05, 3.63) is 11.1 Å². The standard InChI is InChI=1S/C12H23N3S/c1-9(2)15(6)11-13-7-10(16-11)8-14-12(3,4)5/h7,9,14H,8H2,1-6H3. The van der Waals surface area contributed by atoms with E-state index >= 15 is 0 Å². The fourth-order valence-corrected chi connectivity index (χ4v) is 2.06. The highest BCUT2D eigenvalue weighted by molar-refractivity contribution is 7.15. The van der Waals surface area contributed by atoms with Crippen LogP contribution in [0, 0.1) is 0 Å². The van der Waals surface area contributed by atoms with Crippen LogP contribution in [-0.4, -0.2) is 23.6 Å². The number of hydrogen-bond acceptors (Lipinski definition) is 4. The van der Waals surface area contributed by atoms with Crippen molar-refractivity contribution in [1.82, 2.24) is 10.3 Å². The minimum atomic E-state index is 0.161.